The average Bonchev–Trinajstić information content (AvgIpc) is 2.32. The first-order valence-corrected chi connectivity index (χ1v) is 5.48. The first-order valence-electron chi connectivity index (χ1n) is 4.69. The smallest absolute Gasteiger partial charge is 0.196 e. The molecule has 86 valence electrons. The molecule has 5 heteroatoms. The van der Waals surface area contributed by atoms with Gasteiger partial charge in [-0.2, -0.15) is 0 Å². The number of ketones is 1. The standard InChI is InChI=1S/C12H6BrF2NO/c13-9-2-1-7(5-10(9)14)12(17)8-3-4-16-6-11(8)15/h1-6H. The van der Waals surface area contributed by atoms with E-state index in [-0.39, 0.29) is 15.6 Å². The van der Waals surface area contributed by atoms with Crippen LogP contribution in [0.2, 0.25) is 0 Å². The molecule has 17 heavy (non-hydrogen) atoms. The summed E-state index contributed by atoms with van der Waals surface area (Å²) in [6.07, 6.45) is 2.26. The first-order chi connectivity index (χ1) is 8.09. The minimum atomic E-state index is -0.721. The van der Waals surface area contributed by atoms with Crippen molar-refractivity contribution in [1.82, 2.24) is 4.98 Å². The van der Waals surface area contributed by atoms with Gasteiger partial charge in [0.1, 0.15) is 5.82 Å². The van der Waals surface area contributed by atoms with Gasteiger partial charge in [0.05, 0.1) is 16.2 Å². The Balaban J connectivity index is 2.44. The molecule has 0 fully saturated rings. The molecule has 0 N–H and O–H groups in total. The van der Waals surface area contributed by atoms with Gasteiger partial charge in [-0.15, -0.1) is 0 Å². The highest BCUT2D eigenvalue weighted by atomic mass is 79.9. The Morgan fingerprint density at radius 2 is 1.94 bits per heavy atom. The van der Waals surface area contributed by atoms with E-state index in [2.05, 4.69) is 20.9 Å². The molecule has 1 aromatic carbocycles. The molecule has 0 saturated heterocycles. The van der Waals surface area contributed by atoms with Gasteiger partial charge in [-0.3, -0.25) is 9.78 Å². The van der Waals surface area contributed by atoms with E-state index in [1.807, 2.05) is 0 Å². The second kappa shape index (κ2) is 4.71. The van der Waals surface area contributed by atoms with Crippen LogP contribution in [0.15, 0.2) is 41.1 Å². The van der Waals surface area contributed by atoms with Gasteiger partial charge in [0, 0.05) is 11.8 Å². The summed E-state index contributed by atoms with van der Waals surface area (Å²) >= 11 is 2.98. The molecule has 2 nitrogen and oxygen atoms in total. The number of hydrogen-bond acceptors (Lipinski definition) is 2. The van der Waals surface area contributed by atoms with Gasteiger partial charge in [-0.25, -0.2) is 8.78 Å². The van der Waals surface area contributed by atoms with Gasteiger partial charge in [-0.05, 0) is 40.2 Å². The lowest BCUT2D eigenvalue weighted by Crippen LogP contribution is -2.05. The molecule has 0 aliphatic heterocycles. The fourth-order valence-corrected chi connectivity index (χ4v) is 1.60. The molecular formula is C12H6BrF2NO. The zero-order chi connectivity index (χ0) is 12.4. The number of rotatable bonds is 2. The molecule has 0 bridgehead atoms. The third-order valence-corrected chi connectivity index (χ3v) is 2.84. The monoisotopic (exact) mass is 297 g/mol. The summed E-state index contributed by atoms with van der Waals surface area (Å²) in [7, 11) is 0. The number of aromatic nitrogens is 1. The summed E-state index contributed by atoms with van der Waals surface area (Å²) in [5, 5.41) is 0. The van der Waals surface area contributed by atoms with E-state index in [1.165, 1.54) is 24.4 Å². The first kappa shape index (κ1) is 11.9. The third-order valence-electron chi connectivity index (χ3n) is 2.20. The van der Waals surface area contributed by atoms with Crippen LogP contribution < -0.4 is 0 Å². The van der Waals surface area contributed by atoms with E-state index in [4.69, 9.17) is 0 Å². The van der Waals surface area contributed by atoms with E-state index < -0.39 is 17.4 Å². The molecule has 0 amide bonds. The maximum atomic E-state index is 13.3. The Morgan fingerprint density at radius 1 is 1.18 bits per heavy atom. The molecule has 2 aromatic rings. The average molecular weight is 298 g/mol. The van der Waals surface area contributed by atoms with Crippen LogP contribution >= 0.6 is 15.9 Å². The van der Waals surface area contributed by atoms with Crippen LogP contribution in [-0.2, 0) is 0 Å². The van der Waals surface area contributed by atoms with Crippen molar-refractivity contribution in [3.05, 3.63) is 63.9 Å². The Kier molecular flexibility index (Phi) is 3.28. The summed E-state index contributed by atoms with van der Waals surface area (Å²) in [5.41, 5.74) is -0.0301. The van der Waals surface area contributed by atoms with Crippen LogP contribution in [0.3, 0.4) is 0 Å². The van der Waals surface area contributed by atoms with Crippen LogP contribution in [0, 0.1) is 11.6 Å². The molecule has 0 aliphatic carbocycles. The Morgan fingerprint density at radius 3 is 2.59 bits per heavy atom. The summed E-state index contributed by atoms with van der Waals surface area (Å²) in [5.74, 6) is -1.86. The number of halogens is 3. The Hall–Kier alpha value is -1.62. The van der Waals surface area contributed by atoms with Crippen molar-refractivity contribution in [1.29, 1.82) is 0 Å². The summed E-state index contributed by atoms with van der Waals surface area (Å²) in [6.45, 7) is 0. The highest BCUT2D eigenvalue weighted by Crippen LogP contribution is 2.19. The number of benzene rings is 1. The van der Waals surface area contributed by atoms with Crippen LogP contribution in [-0.4, -0.2) is 10.8 Å². The predicted molar refractivity (Wildman–Crippen MR) is 61.7 cm³/mol. The van der Waals surface area contributed by atoms with Crippen molar-refractivity contribution in [3.63, 3.8) is 0 Å². The molecule has 1 aromatic heterocycles. The quantitative estimate of drug-likeness (QED) is 0.796. The van der Waals surface area contributed by atoms with Crippen molar-refractivity contribution in [3.8, 4) is 0 Å². The molecular weight excluding hydrogens is 292 g/mol. The molecule has 0 saturated carbocycles. The van der Waals surface area contributed by atoms with Crippen molar-refractivity contribution >= 4 is 21.7 Å². The summed E-state index contributed by atoms with van der Waals surface area (Å²) in [6, 6.07) is 5.15. The van der Waals surface area contributed by atoms with Crippen molar-refractivity contribution in [2.24, 2.45) is 0 Å². The lowest BCUT2D eigenvalue weighted by molar-refractivity contribution is 0.103. The molecule has 2 rings (SSSR count). The maximum Gasteiger partial charge on any atom is 0.196 e. The molecule has 0 spiro atoms. The highest BCUT2D eigenvalue weighted by molar-refractivity contribution is 9.10. The van der Waals surface area contributed by atoms with Crippen molar-refractivity contribution in [2.45, 2.75) is 0 Å². The van der Waals surface area contributed by atoms with Crippen molar-refractivity contribution < 1.29 is 13.6 Å². The zero-order valence-corrected chi connectivity index (χ0v) is 10.0. The SMILES string of the molecule is O=C(c1ccc(Br)c(F)c1)c1ccncc1F. The van der Waals surface area contributed by atoms with Gasteiger partial charge in [0.25, 0.3) is 0 Å². The van der Waals surface area contributed by atoms with Crippen LogP contribution in [0.5, 0.6) is 0 Å². The fourth-order valence-electron chi connectivity index (χ4n) is 1.35. The van der Waals surface area contributed by atoms with Gasteiger partial charge in [0.2, 0.25) is 0 Å². The number of pyridine rings is 1. The van der Waals surface area contributed by atoms with Gasteiger partial charge in [-0.1, -0.05) is 0 Å². The topological polar surface area (TPSA) is 30.0 Å². The molecule has 0 aliphatic rings. The van der Waals surface area contributed by atoms with Crippen LogP contribution in [0.1, 0.15) is 15.9 Å². The minimum absolute atomic E-state index is 0.0933. The predicted octanol–water partition coefficient (Wildman–Crippen LogP) is 3.35. The van der Waals surface area contributed by atoms with Gasteiger partial charge in [0.15, 0.2) is 11.6 Å². The molecule has 0 unspecified atom stereocenters. The van der Waals surface area contributed by atoms with Crippen LogP contribution in [0.25, 0.3) is 0 Å². The fraction of sp³-hybridized carbons (Fsp3) is 0. The summed E-state index contributed by atoms with van der Waals surface area (Å²) < 4.78 is 26.8. The molecule has 0 atom stereocenters. The normalized spacial score (nSPS) is 10.3. The van der Waals surface area contributed by atoms with Crippen molar-refractivity contribution in [2.75, 3.05) is 0 Å². The lowest BCUT2D eigenvalue weighted by Gasteiger charge is -2.03. The van der Waals surface area contributed by atoms with E-state index in [9.17, 15) is 13.6 Å². The van der Waals surface area contributed by atoms with E-state index in [0.29, 0.717) is 0 Å². The van der Waals surface area contributed by atoms with E-state index in [0.717, 1.165) is 12.3 Å². The number of carbonyl (C=O) groups is 1. The van der Waals surface area contributed by atoms with E-state index in [1.54, 1.807) is 0 Å². The minimum Gasteiger partial charge on any atom is -0.288 e. The van der Waals surface area contributed by atoms with Gasteiger partial charge >= 0.3 is 0 Å². The third kappa shape index (κ3) is 2.39. The van der Waals surface area contributed by atoms with Gasteiger partial charge < -0.3 is 0 Å². The summed E-state index contributed by atoms with van der Waals surface area (Å²) in [4.78, 5) is 15.4. The second-order valence-corrected chi connectivity index (χ2v) is 4.17. The number of carbonyl (C=O) groups excluding carboxylic acids is 1. The maximum absolute atomic E-state index is 13.3. The molecule has 1 heterocycles. The number of hydrogen-bond donors (Lipinski definition) is 0. The second-order valence-electron chi connectivity index (χ2n) is 3.31. The zero-order valence-electron chi connectivity index (χ0n) is 8.45. The number of nitrogens with zero attached hydrogens (tertiary/aromatic N) is 1. The van der Waals surface area contributed by atoms with Crippen LogP contribution in [0.4, 0.5) is 8.78 Å². The van der Waals surface area contributed by atoms with E-state index >= 15 is 0 Å². The Labute approximate surface area is 104 Å². The highest BCUT2D eigenvalue weighted by Gasteiger charge is 2.14. The largest absolute Gasteiger partial charge is 0.288 e. The lowest BCUT2D eigenvalue weighted by atomic mass is 10.0. The Bertz CT molecular complexity index is 586. The molecule has 0 radical (unpaired) electrons.